The van der Waals surface area contributed by atoms with Gasteiger partial charge >= 0.3 is 0 Å². The number of nitrogens with zero attached hydrogens (tertiary/aromatic N) is 1. The Labute approximate surface area is 105 Å². The fourth-order valence-electron chi connectivity index (χ4n) is 1.09. The standard InChI is InChI=1S/C11H6BrClFNO/c12-9-5-8(14)2-3-10(9)16-11-4-1-7(13)6-15-11/h1-6H. The van der Waals surface area contributed by atoms with Gasteiger partial charge < -0.3 is 4.74 Å². The lowest BCUT2D eigenvalue weighted by atomic mass is 10.3. The van der Waals surface area contributed by atoms with E-state index in [2.05, 4.69) is 20.9 Å². The van der Waals surface area contributed by atoms with Crippen LogP contribution in [0, 0.1) is 5.82 Å². The second-order valence-electron chi connectivity index (χ2n) is 2.99. The highest BCUT2D eigenvalue weighted by molar-refractivity contribution is 9.10. The quantitative estimate of drug-likeness (QED) is 0.819. The van der Waals surface area contributed by atoms with Crippen molar-refractivity contribution in [2.24, 2.45) is 0 Å². The first kappa shape index (κ1) is 11.4. The lowest BCUT2D eigenvalue weighted by molar-refractivity contribution is 0.458. The molecular formula is C11H6BrClFNO. The topological polar surface area (TPSA) is 22.1 Å². The maximum atomic E-state index is 12.8. The summed E-state index contributed by atoms with van der Waals surface area (Å²) in [6.45, 7) is 0. The van der Waals surface area contributed by atoms with Gasteiger partial charge in [-0.2, -0.15) is 0 Å². The molecule has 1 aromatic carbocycles. The third-order valence-corrected chi connectivity index (χ3v) is 2.65. The van der Waals surface area contributed by atoms with Crippen LogP contribution in [0.1, 0.15) is 0 Å². The van der Waals surface area contributed by atoms with Crippen LogP contribution < -0.4 is 4.74 Å². The van der Waals surface area contributed by atoms with E-state index in [1.807, 2.05) is 0 Å². The van der Waals surface area contributed by atoms with Crippen LogP contribution in [0.5, 0.6) is 11.6 Å². The van der Waals surface area contributed by atoms with Crippen LogP contribution in [-0.2, 0) is 0 Å². The molecule has 2 aromatic rings. The van der Waals surface area contributed by atoms with Crippen molar-refractivity contribution in [3.05, 3.63) is 51.8 Å². The lowest BCUT2D eigenvalue weighted by Crippen LogP contribution is -1.88. The maximum Gasteiger partial charge on any atom is 0.219 e. The Balaban J connectivity index is 2.23. The molecule has 0 aliphatic carbocycles. The van der Waals surface area contributed by atoms with Gasteiger partial charge in [0.1, 0.15) is 11.6 Å². The predicted molar refractivity (Wildman–Crippen MR) is 63.4 cm³/mol. The monoisotopic (exact) mass is 301 g/mol. The van der Waals surface area contributed by atoms with Crippen LogP contribution in [0.4, 0.5) is 4.39 Å². The highest BCUT2D eigenvalue weighted by Gasteiger charge is 2.04. The van der Waals surface area contributed by atoms with Crippen LogP contribution in [0.15, 0.2) is 41.0 Å². The number of hydrogen-bond donors (Lipinski definition) is 0. The van der Waals surface area contributed by atoms with Gasteiger partial charge in [-0.25, -0.2) is 9.37 Å². The van der Waals surface area contributed by atoms with Crippen molar-refractivity contribution in [3.8, 4) is 11.6 Å². The molecule has 0 aliphatic heterocycles. The predicted octanol–water partition coefficient (Wildman–Crippen LogP) is 4.43. The van der Waals surface area contributed by atoms with Gasteiger partial charge in [-0.05, 0) is 40.2 Å². The Morgan fingerprint density at radius 1 is 1.25 bits per heavy atom. The molecule has 0 N–H and O–H groups in total. The molecule has 0 spiro atoms. The normalized spacial score (nSPS) is 10.2. The Bertz CT molecular complexity index is 504. The zero-order valence-electron chi connectivity index (χ0n) is 7.95. The third-order valence-electron chi connectivity index (χ3n) is 1.81. The molecule has 82 valence electrons. The van der Waals surface area contributed by atoms with Gasteiger partial charge in [0.15, 0.2) is 0 Å². The van der Waals surface area contributed by atoms with Crippen LogP contribution in [0.25, 0.3) is 0 Å². The molecule has 2 nitrogen and oxygen atoms in total. The largest absolute Gasteiger partial charge is 0.438 e. The summed E-state index contributed by atoms with van der Waals surface area (Å²) >= 11 is 8.89. The summed E-state index contributed by atoms with van der Waals surface area (Å²) in [5.74, 6) is 0.566. The Morgan fingerprint density at radius 3 is 2.69 bits per heavy atom. The molecule has 0 saturated heterocycles. The highest BCUT2D eigenvalue weighted by atomic mass is 79.9. The van der Waals surface area contributed by atoms with E-state index in [1.54, 1.807) is 12.1 Å². The molecule has 5 heteroatoms. The first-order chi connectivity index (χ1) is 7.65. The SMILES string of the molecule is Fc1ccc(Oc2ccc(Cl)cn2)c(Br)c1. The molecular weight excluding hydrogens is 296 g/mol. The van der Waals surface area contributed by atoms with E-state index in [0.717, 1.165) is 0 Å². The molecule has 0 unspecified atom stereocenters. The number of hydrogen-bond acceptors (Lipinski definition) is 2. The van der Waals surface area contributed by atoms with E-state index in [9.17, 15) is 4.39 Å². The molecule has 0 amide bonds. The molecule has 1 heterocycles. The van der Waals surface area contributed by atoms with Crippen molar-refractivity contribution in [1.29, 1.82) is 0 Å². The minimum Gasteiger partial charge on any atom is -0.438 e. The highest BCUT2D eigenvalue weighted by Crippen LogP contribution is 2.29. The van der Waals surface area contributed by atoms with Crippen molar-refractivity contribution in [3.63, 3.8) is 0 Å². The van der Waals surface area contributed by atoms with Crippen LogP contribution in [0.2, 0.25) is 5.02 Å². The summed E-state index contributed by atoms with van der Waals surface area (Å²) in [5.41, 5.74) is 0. The lowest BCUT2D eigenvalue weighted by Gasteiger charge is -2.06. The van der Waals surface area contributed by atoms with Gasteiger partial charge in [0.2, 0.25) is 5.88 Å². The molecule has 0 aliphatic rings. The maximum absolute atomic E-state index is 12.8. The van der Waals surface area contributed by atoms with Gasteiger partial charge in [0.05, 0.1) is 9.50 Å². The van der Waals surface area contributed by atoms with E-state index in [4.69, 9.17) is 16.3 Å². The van der Waals surface area contributed by atoms with E-state index in [1.165, 1.54) is 24.4 Å². The summed E-state index contributed by atoms with van der Waals surface area (Å²) in [4.78, 5) is 3.97. The van der Waals surface area contributed by atoms with Gasteiger partial charge in [-0.3, -0.25) is 0 Å². The van der Waals surface area contributed by atoms with E-state index in [-0.39, 0.29) is 5.82 Å². The van der Waals surface area contributed by atoms with Crippen LogP contribution in [-0.4, -0.2) is 4.98 Å². The van der Waals surface area contributed by atoms with Gasteiger partial charge in [-0.1, -0.05) is 11.6 Å². The summed E-state index contributed by atoms with van der Waals surface area (Å²) in [5, 5.41) is 0.533. The van der Waals surface area contributed by atoms with Gasteiger partial charge in [0.25, 0.3) is 0 Å². The number of rotatable bonds is 2. The molecule has 2 rings (SSSR count). The van der Waals surface area contributed by atoms with Crippen molar-refractivity contribution >= 4 is 27.5 Å². The fraction of sp³-hybridized carbons (Fsp3) is 0. The van der Waals surface area contributed by atoms with E-state index < -0.39 is 0 Å². The minimum atomic E-state index is -0.330. The van der Waals surface area contributed by atoms with Crippen molar-refractivity contribution in [2.45, 2.75) is 0 Å². The summed E-state index contributed by atoms with van der Waals surface area (Å²) in [6, 6.07) is 7.47. The number of aromatic nitrogens is 1. The third kappa shape index (κ3) is 2.71. The van der Waals surface area contributed by atoms with Gasteiger partial charge in [0, 0.05) is 12.3 Å². The number of benzene rings is 1. The van der Waals surface area contributed by atoms with Crippen molar-refractivity contribution < 1.29 is 9.13 Å². The number of halogens is 3. The Kier molecular flexibility index (Phi) is 3.41. The molecule has 0 atom stereocenters. The average molecular weight is 303 g/mol. The number of pyridine rings is 1. The Morgan fingerprint density at radius 2 is 2.06 bits per heavy atom. The second kappa shape index (κ2) is 4.80. The zero-order chi connectivity index (χ0) is 11.5. The summed E-state index contributed by atoms with van der Waals surface area (Å²) in [6.07, 6.45) is 1.48. The van der Waals surface area contributed by atoms with Crippen molar-refractivity contribution in [1.82, 2.24) is 4.98 Å². The van der Waals surface area contributed by atoms with E-state index in [0.29, 0.717) is 21.1 Å². The zero-order valence-corrected chi connectivity index (χ0v) is 10.3. The summed E-state index contributed by atoms with van der Waals surface area (Å²) < 4.78 is 18.8. The second-order valence-corrected chi connectivity index (χ2v) is 4.28. The molecule has 0 saturated carbocycles. The Hall–Kier alpha value is -1.13. The first-order valence-electron chi connectivity index (χ1n) is 4.39. The molecule has 16 heavy (non-hydrogen) atoms. The molecule has 0 fully saturated rings. The smallest absolute Gasteiger partial charge is 0.219 e. The fourth-order valence-corrected chi connectivity index (χ4v) is 1.64. The number of ether oxygens (including phenoxy) is 1. The molecule has 1 aromatic heterocycles. The first-order valence-corrected chi connectivity index (χ1v) is 5.57. The molecule has 0 radical (unpaired) electrons. The summed E-state index contributed by atoms with van der Waals surface area (Å²) in [7, 11) is 0. The molecule has 0 bridgehead atoms. The van der Waals surface area contributed by atoms with Crippen LogP contribution >= 0.6 is 27.5 Å². The van der Waals surface area contributed by atoms with Gasteiger partial charge in [-0.15, -0.1) is 0 Å². The van der Waals surface area contributed by atoms with Crippen LogP contribution in [0.3, 0.4) is 0 Å². The average Bonchev–Trinajstić information content (AvgIpc) is 2.25. The van der Waals surface area contributed by atoms with E-state index >= 15 is 0 Å². The minimum absolute atomic E-state index is 0.330. The van der Waals surface area contributed by atoms with Crippen molar-refractivity contribution in [2.75, 3.05) is 0 Å².